The third kappa shape index (κ3) is 4.68. The van der Waals surface area contributed by atoms with Crippen molar-refractivity contribution in [2.75, 3.05) is 21.1 Å². The zero-order valence-electron chi connectivity index (χ0n) is 9.20. The minimum absolute atomic E-state index is 0.0660. The van der Waals surface area contributed by atoms with Gasteiger partial charge in [-0.25, -0.2) is 4.79 Å². The molecule has 0 rings (SSSR count). The molecule has 0 amide bonds. The number of carbonyl (C=O) groups is 1. The van der Waals surface area contributed by atoms with E-state index in [-0.39, 0.29) is 12.2 Å². The Kier molecular flexibility index (Phi) is 4.70. The minimum atomic E-state index is -0.262. The molecular formula is C10H20NO2+. The van der Waals surface area contributed by atoms with E-state index >= 15 is 0 Å². The molecule has 1 unspecified atom stereocenters. The van der Waals surface area contributed by atoms with Crippen LogP contribution in [-0.4, -0.2) is 37.8 Å². The van der Waals surface area contributed by atoms with Gasteiger partial charge >= 0.3 is 5.97 Å². The average molecular weight is 186 g/mol. The number of nitrogens with zero attached hydrogens (tertiary/aromatic N) is 1. The largest absolute Gasteiger partial charge is 0.409 e. The molecule has 0 aromatic carbocycles. The normalized spacial score (nSPS) is 14.5. The van der Waals surface area contributed by atoms with E-state index in [1.807, 2.05) is 28.1 Å². The maximum absolute atomic E-state index is 11.1. The monoisotopic (exact) mass is 186 g/mol. The molecule has 0 bridgehead atoms. The van der Waals surface area contributed by atoms with Crippen LogP contribution in [-0.2, 0) is 9.53 Å². The number of quaternary nitrogens is 1. The van der Waals surface area contributed by atoms with Gasteiger partial charge in [0.05, 0.1) is 21.1 Å². The number of rotatable bonds is 4. The van der Waals surface area contributed by atoms with Crippen LogP contribution < -0.4 is 0 Å². The minimum Gasteiger partial charge on any atom is -0.409 e. The molecule has 3 nitrogen and oxygen atoms in total. The number of allylic oxidation sites excluding steroid dienone is 1. The van der Waals surface area contributed by atoms with Gasteiger partial charge < -0.3 is 4.74 Å². The molecule has 3 heteroatoms. The van der Waals surface area contributed by atoms with Crippen LogP contribution in [0.25, 0.3) is 0 Å². The van der Waals surface area contributed by atoms with Crippen molar-refractivity contribution in [2.24, 2.45) is 0 Å². The van der Waals surface area contributed by atoms with E-state index in [2.05, 4.69) is 0 Å². The highest BCUT2D eigenvalue weighted by Gasteiger charge is 2.24. The number of hydrogen-bond donors (Lipinski definition) is 0. The number of hydrogen-bond acceptors (Lipinski definition) is 2. The summed E-state index contributed by atoms with van der Waals surface area (Å²) in [6, 6.07) is 0. The Bertz CT molecular complexity index is 192. The highest BCUT2D eigenvalue weighted by atomic mass is 16.6. The quantitative estimate of drug-likeness (QED) is 0.288. The standard InChI is InChI=1S/C10H20NO2/c1-6-8-10(12)13-9(7-2)11(3,4)5/h6,8-9H,7H2,1-5H3/q+1/b8-6+. The lowest BCUT2D eigenvalue weighted by Gasteiger charge is -2.32. The summed E-state index contributed by atoms with van der Waals surface area (Å²) in [6.45, 7) is 3.81. The molecule has 0 N–H and O–H groups in total. The molecule has 0 radical (unpaired) electrons. The molecule has 0 saturated heterocycles. The second-order valence-corrected chi connectivity index (χ2v) is 3.92. The highest BCUT2D eigenvalue weighted by Crippen LogP contribution is 2.09. The summed E-state index contributed by atoms with van der Waals surface area (Å²) in [5, 5.41) is 0. The predicted molar refractivity (Wildman–Crippen MR) is 53.0 cm³/mol. The van der Waals surface area contributed by atoms with Crippen molar-refractivity contribution < 1.29 is 14.0 Å². The van der Waals surface area contributed by atoms with E-state index in [0.717, 1.165) is 6.42 Å². The smallest absolute Gasteiger partial charge is 0.334 e. The molecule has 1 atom stereocenters. The van der Waals surface area contributed by atoms with Crippen LogP contribution in [0.15, 0.2) is 12.2 Å². The van der Waals surface area contributed by atoms with Gasteiger partial charge in [0, 0.05) is 12.5 Å². The lowest BCUT2D eigenvalue weighted by Crippen LogP contribution is -2.47. The Morgan fingerprint density at radius 3 is 2.31 bits per heavy atom. The molecule has 13 heavy (non-hydrogen) atoms. The lowest BCUT2D eigenvalue weighted by molar-refractivity contribution is -0.916. The molecule has 0 aliphatic heterocycles. The van der Waals surface area contributed by atoms with Gasteiger partial charge in [-0.05, 0) is 6.92 Å². The SMILES string of the molecule is C/C=C/C(=O)OC(CC)[N+](C)(C)C. The van der Waals surface area contributed by atoms with Gasteiger partial charge in [0.2, 0.25) is 6.23 Å². The van der Waals surface area contributed by atoms with Crippen molar-refractivity contribution in [3.05, 3.63) is 12.2 Å². The van der Waals surface area contributed by atoms with Gasteiger partial charge in [-0.2, -0.15) is 0 Å². The Hall–Kier alpha value is -0.830. The van der Waals surface area contributed by atoms with Crippen molar-refractivity contribution >= 4 is 5.97 Å². The fourth-order valence-corrected chi connectivity index (χ4v) is 1.10. The van der Waals surface area contributed by atoms with E-state index in [1.165, 1.54) is 6.08 Å². The van der Waals surface area contributed by atoms with Gasteiger partial charge in [0.25, 0.3) is 0 Å². The van der Waals surface area contributed by atoms with Crippen LogP contribution in [0.1, 0.15) is 20.3 Å². The van der Waals surface area contributed by atoms with Crippen LogP contribution in [0.3, 0.4) is 0 Å². The van der Waals surface area contributed by atoms with Gasteiger partial charge in [0.1, 0.15) is 0 Å². The summed E-state index contributed by atoms with van der Waals surface area (Å²) in [6.07, 6.45) is 3.89. The second-order valence-electron chi connectivity index (χ2n) is 3.92. The summed E-state index contributed by atoms with van der Waals surface area (Å²) in [5.41, 5.74) is 0. The summed E-state index contributed by atoms with van der Waals surface area (Å²) >= 11 is 0. The molecule has 76 valence electrons. The van der Waals surface area contributed by atoms with Crippen molar-refractivity contribution in [3.8, 4) is 0 Å². The topological polar surface area (TPSA) is 26.3 Å². The Labute approximate surface area is 80.6 Å². The van der Waals surface area contributed by atoms with Gasteiger partial charge in [-0.3, -0.25) is 4.48 Å². The fraction of sp³-hybridized carbons (Fsp3) is 0.700. The van der Waals surface area contributed by atoms with Gasteiger partial charge in [-0.1, -0.05) is 13.0 Å². The van der Waals surface area contributed by atoms with Crippen LogP contribution >= 0.6 is 0 Å². The zero-order chi connectivity index (χ0) is 10.5. The van der Waals surface area contributed by atoms with Crippen molar-refractivity contribution in [1.82, 2.24) is 0 Å². The third-order valence-corrected chi connectivity index (χ3v) is 1.77. The van der Waals surface area contributed by atoms with Gasteiger partial charge in [-0.15, -0.1) is 0 Å². The van der Waals surface area contributed by atoms with E-state index in [0.29, 0.717) is 4.48 Å². The Balaban J connectivity index is 4.22. The molecule has 0 aromatic rings. The van der Waals surface area contributed by atoms with Crippen LogP contribution in [0.4, 0.5) is 0 Å². The summed E-state index contributed by atoms with van der Waals surface area (Å²) < 4.78 is 5.89. The maximum Gasteiger partial charge on any atom is 0.334 e. The van der Waals surface area contributed by atoms with E-state index in [9.17, 15) is 4.79 Å². The first kappa shape index (κ1) is 12.2. The first-order valence-corrected chi connectivity index (χ1v) is 4.56. The second kappa shape index (κ2) is 5.02. The van der Waals surface area contributed by atoms with Crippen LogP contribution in [0, 0.1) is 0 Å². The molecule has 0 aliphatic carbocycles. The highest BCUT2D eigenvalue weighted by molar-refractivity contribution is 5.81. The van der Waals surface area contributed by atoms with Crippen LogP contribution in [0.2, 0.25) is 0 Å². The van der Waals surface area contributed by atoms with E-state index in [1.54, 1.807) is 13.0 Å². The first-order chi connectivity index (χ1) is 5.91. The molecular weight excluding hydrogens is 166 g/mol. The third-order valence-electron chi connectivity index (χ3n) is 1.77. The fourth-order valence-electron chi connectivity index (χ4n) is 1.10. The van der Waals surface area contributed by atoms with Crippen molar-refractivity contribution in [1.29, 1.82) is 0 Å². The van der Waals surface area contributed by atoms with E-state index < -0.39 is 0 Å². The lowest BCUT2D eigenvalue weighted by atomic mass is 10.3. The zero-order valence-corrected chi connectivity index (χ0v) is 9.20. The molecule has 0 aromatic heterocycles. The molecule has 0 spiro atoms. The molecule has 0 saturated carbocycles. The molecule has 0 aliphatic rings. The summed E-state index contributed by atoms with van der Waals surface area (Å²) in [5.74, 6) is -0.262. The molecule has 0 fully saturated rings. The van der Waals surface area contributed by atoms with Crippen molar-refractivity contribution in [2.45, 2.75) is 26.5 Å². The van der Waals surface area contributed by atoms with Gasteiger partial charge in [0.15, 0.2) is 0 Å². The molecule has 0 heterocycles. The summed E-state index contributed by atoms with van der Waals surface area (Å²) in [4.78, 5) is 11.1. The van der Waals surface area contributed by atoms with Crippen molar-refractivity contribution in [3.63, 3.8) is 0 Å². The maximum atomic E-state index is 11.1. The van der Waals surface area contributed by atoms with E-state index in [4.69, 9.17) is 4.74 Å². The number of esters is 1. The van der Waals surface area contributed by atoms with Crippen LogP contribution in [0.5, 0.6) is 0 Å². The number of ether oxygens (including phenoxy) is 1. The number of carbonyl (C=O) groups excluding carboxylic acids is 1. The Morgan fingerprint density at radius 1 is 1.46 bits per heavy atom. The predicted octanol–water partition coefficient (Wildman–Crippen LogP) is 1.55. The Morgan fingerprint density at radius 2 is 2.00 bits per heavy atom. The average Bonchev–Trinajstić information content (AvgIpc) is 1.98. The first-order valence-electron chi connectivity index (χ1n) is 4.56. The summed E-state index contributed by atoms with van der Waals surface area (Å²) in [7, 11) is 6.03.